The summed E-state index contributed by atoms with van der Waals surface area (Å²) in [6.45, 7) is 2.29. The van der Waals surface area contributed by atoms with Gasteiger partial charge >= 0.3 is 5.97 Å². The van der Waals surface area contributed by atoms with Crippen LogP contribution in [-0.2, 0) is 22.7 Å². The van der Waals surface area contributed by atoms with E-state index >= 15 is 0 Å². The Morgan fingerprint density at radius 3 is 2.63 bits per heavy atom. The van der Waals surface area contributed by atoms with E-state index in [0.29, 0.717) is 34.8 Å². The van der Waals surface area contributed by atoms with Crippen LogP contribution in [0, 0.1) is 0 Å². The van der Waals surface area contributed by atoms with E-state index in [9.17, 15) is 4.79 Å². The second-order valence-corrected chi connectivity index (χ2v) is 6.34. The van der Waals surface area contributed by atoms with Crippen LogP contribution >= 0.6 is 23.2 Å². The van der Waals surface area contributed by atoms with Crippen LogP contribution < -0.4 is 4.74 Å². The monoisotopic (exact) mass is 406 g/mol. The summed E-state index contributed by atoms with van der Waals surface area (Å²) >= 11 is 12.0. The summed E-state index contributed by atoms with van der Waals surface area (Å²) in [6.07, 6.45) is 0. The number of benzene rings is 2. The molecule has 2 aromatic carbocycles. The topological polar surface area (TPSA) is 79.1 Å². The van der Waals surface area contributed by atoms with Crippen LogP contribution in [0.2, 0.25) is 10.0 Å². The zero-order chi connectivity index (χ0) is 19.2. The molecule has 9 heteroatoms. The molecule has 0 saturated carbocycles. The van der Waals surface area contributed by atoms with Crippen LogP contribution in [0.25, 0.3) is 11.4 Å². The van der Waals surface area contributed by atoms with Crippen molar-refractivity contribution < 1.29 is 14.3 Å². The number of ether oxygens (including phenoxy) is 2. The fourth-order valence-corrected chi connectivity index (χ4v) is 2.71. The van der Waals surface area contributed by atoms with Crippen LogP contribution in [0.15, 0.2) is 42.5 Å². The number of tetrazole rings is 1. The smallest absolute Gasteiger partial charge is 0.329 e. The Balaban J connectivity index is 1.61. The van der Waals surface area contributed by atoms with Gasteiger partial charge in [-0.2, -0.15) is 4.80 Å². The predicted octanol–water partition coefficient (Wildman–Crippen LogP) is 3.79. The third-order valence-corrected chi connectivity index (χ3v) is 4.14. The van der Waals surface area contributed by atoms with Crippen molar-refractivity contribution in [1.82, 2.24) is 20.2 Å². The molecule has 0 unspecified atom stereocenters. The maximum Gasteiger partial charge on any atom is 0.329 e. The standard InChI is InChI=1S/C18H16Cl2N4O3/c1-2-26-17(25)10-24-22-18(21-23-24)12-4-7-15(8-5-12)27-11-13-3-6-14(19)9-16(13)20/h3-9H,2,10-11H2,1H3. The van der Waals surface area contributed by atoms with Crippen molar-refractivity contribution in [3.8, 4) is 17.1 Å². The Labute approximate surface area is 165 Å². The van der Waals surface area contributed by atoms with Gasteiger partial charge < -0.3 is 9.47 Å². The van der Waals surface area contributed by atoms with Crippen molar-refractivity contribution >= 4 is 29.2 Å². The second kappa shape index (κ2) is 8.83. The molecule has 27 heavy (non-hydrogen) atoms. The lowest BCUT2D eigenvalue weighted by Crippen LogP contribution is -2.15. The lowest BCUT2D eigenvalue weighted by atomic mass is 10.2. The van der Waals surface area contributed by atoms with Gasteiger partial charge in [0.25, 0.3) is 0 Å². The SMILES string of the molecule is CCOC(=O)Cn1nnc(-c2ccc(OCc3ccc(Cl)cc3Cl)cc2)n1. The number of rotatable bonds is 7. The van der Waals surface area contributed by atoms with Gasteiger partial charge in [-0.25, -0.2) is 4.79 Å². The summed E-state index contributed by atoms with van der Waals surface area (Å²) in [7, 11) is 0. The van der Waals surface area contributed by atoms with Gasteiger partial charge in [-0.05, 0) is 48.5 Å². The Kier molecular flexibility index (Phi) is 6.26. The van der Waals surface area contributed by atoms with Crippen molar-refractivity contribution in [3.05, 3.63) is 58.1 Å². The van der Waals surface area contributed by atoms with E-state index < -0.39 is 5.97 Å². The summed E-state index contributed by atoms with van der Waals surface area (Å²) in [5.41, 5.74) is 1.59. The lowest BCUT2D eigenvalue weighted by Gasteiger charge is -2.08. The molecule has 140 valence electrons. The van der Waals surface area contributed by atoms with Crippen molar-refractivity contribution in [3.63, 3.8) is 0 Å². The summed E-state index contributed by atoms with van der Waals surface area (Å²) < 4.78 is 10.6. The molecule has 7 nitrogen and oxygen atoms in total. The zero-order valence-corrected chi connectivity index (χ0v) is 15.9. The minimum absolute atomic E-state index is 0.0795. The minimum atomic E-state index is -0.411. The first-order valence-corrected chi connectivity index (χ1v) is 8.91. The van der Waals surface area contributed by atoms with E-state index in [1.807, 2.05) is 18.2 Å². The number of hydrogen-bond donors (Lipinski definition) is 0. The Hall–Kier alpha value is -2.64. The van der Waals surface area contributed by atoms with Crippen LogP contribution in [-0.4, -0.2) is 32.8 Å². The van der Waals surface area contributed by atoms with Crippen molar-refractivity contribution in [2.75, 3.05) is 6.61 Å². The number of aromatic nitrogens is 4. The molecule has 0 amide bonds. The minimum Gasteiger partial charge on any atom is -0.489 e. The molecule has 0 N–H and O–H groups in total. The van der Waals surface area contributed by atoms with Gasteiger partial charge in [0.05, 0.1) is 6.61 Å². The largest absolute Gasteiger partial charge is 0.489 e. The van der Waals surface area contributed by atoms with Crippen LogP contribution in [0.4, 0.5) is 0 Å². The number of carbonyl (C=O) groups excluding carboxylic acids is 1. The number of halogens is 2. The molecule has 3 rings (SSSR count). The highest BCUT2D eigenvalue weighted by molar-refractivity contribution is 6.35. The van der Waals surface area contributed by atoms with Crippen LogP contribution in [0.1, 0.15) is 12.5 Å². The highest BCUT2D eigenvalue weighted by atomic mass is 35.5. The van der Waals surface area contributed by atoms with Gasteiger partial charge in [-0.15, -0.1) is 10.2 Å². The number of nitrogens with zero attached hydrogens (tertiary/aromatic N) is 4. The van der Waals surface area contributed by atoms with E-state index in [1.54, 1.807) is 31.2 Å². The van der Waals surface area contributed by atoms with E-state index in [1.165, 1.54) is 4.80 Å². The highest BCUT2D eigenvalue weighted by Gasteiger charge is 2.10. The molecule has 3 aromatic rings. The van der Waals surface area contributed by atoms with Gasteiger partial charge in [-0.3, -0.25) is 0 Å². The van der Waals surface area contributed by atoms with Crippen LogP contribution in [0.3, 0.4) is 0 Å². The van der Waals surface area contributed by atoms with Gasteiger partial charge in [0.2, 0.25) is 5.82 Å². The average molecular weight is 407 g/mol. The fourth-order valence-electron chi connectivity index (χ4n) is 2.25. The molecule has 0 aliphatic heterocycles. The van der Waals surface area contributed by atoms with Crippen molar-refractivity contribution in [1.29, 1.82) is 0 Å². The van der Waals surface area contributed by atoms with Gasteiger partial charge in [-0.1, -0.05) is 29.3 Å². The number of hydrogen-bond acceptors (Lipinski definition) is 6. The second-order valence-electron chi connectivity index (χ2n) is 5.50. The molecule has 0 bridgehead atoms. The quantitative estimate of drug-likeness (QED) is 0.555. The molecule has 1 aromatic heterocycles. The summed E-state index contributed by atoms with van der Waals surface area (Å²) in [5.74, 6) is 0.668. The molecular weight excluding hydrogens is 391 g/mol. The first-order chi connectivity index (χ1) is 13.0. The van der Waals surface area contributed by atoms with Crippen molar-refractivity contribution in [2.45, 2.75) is 20.1 Å². The fraction of sp³-hybridized carbons (Fsp3) is 0.222. The first kappa shape index (κ1) is 19.1. The summed E-state index contributed by atoms with van der Waals surface area (Å²) in [4.78, 5) is 12.6. The maximum atomic E-state index is 11.5. The molecule has 0 aliphatic carbocycles. The molecule has 0 saturated heterocycles. The van der Waals surface area contributed by atoms with Crippen LogP contribution in [0.5, 0.6) is 5.75 Å². The molecule has 0 atom stereocenters. The highest BCUT2D eigenvalue weighted by Crippen LogP contribution is 2.24. The average Bonchev–Trinajstić information content (AvgIpc) is 3.10. The van der Waals surface area contributed by atoms with E-state index in [-0.39, 0.29) is 6.54 Å². The lowest BCUT2D eigenvalue weighted by molar-refractivity contribution is -0.144. The Morgan fingerprint density at radius 2 is 1.93 bits per heavy atom. The third-order valence-electron chi connectivity index (χ3n) is 3.55. The molecular formula is C18H16Cl2N4O3. The molecule has 0 aliphatic rings. The Bertz CT molecular complexity index is 929. The van der Waals surface area contributed by atoms with Gasteiger partial charge in [0.1, 0.15) is 12.4 Å². The number of carbonyl (C=O) groups is 1. The number of esters is 1. The first-order valence-electron chi connectivity index (χ1n) is 8.15. The van der Waals surface area contributed by atoms with E-state index in [0.717, 1.165) is 11.1 Å². The van der Waals surface area contributed by atoms with Gasteiger partial charge in [0, 0.05) is 21.2 Å². The maximum absolute atomic E-state index is 11.5. The summed E-state index contributed by atoms with van der Waals surface area (Å²) in [5, 5.41) is 13.1. The molecule has 0 spiro atoms. The molecule has 1 heterocycles. The van der Waals surface area contributed by atoms with Crippen molar-refractivity contribution in [2.24, 2.45) is 0 Å². The Morgan fingerprint density at radius 1 is 1.15 bits per heavy atom. The summed E-state index contributed by atoms with van der Waals surface area (Å²) in [6, 6.07) is 12.5. The molecule has 0 fully saturated rings. The molecule has 0 radical (unpaired) electrons. The van der Waals surface area contributed by atoms with Gasteiger partial charge in [0.15, 0.2) is 6.54 Å². The van der Waals surface area contributed by atoms with E-state index in [2.05, 4.69) is 15.4 Å². The third kappa shape index (κ3) is 5.18. The zero-order valence-electron chi connectivity index (χ0n) is 14.4. The van der Waals surface area contributed by atoms with E-state index in [4.69, 9.17) is 32.7 Å². The predicted molar refractivity (Wildman–Crippen MR) is 101 cm³/mol. The normalized spacial score (nSPS) is 10.6.